The molecule has 63 heavy (non-hydrogen) atoms. The van der Waals surface area contributed by atoms with Gasteiger partial charge < -0.3 is 9.47 Å². The van der Waals surface area contributed by atoms with Gasteiger partial charge in [-0.25, -0.2) is 0 Å². The first kappa shape index (κ1) is 56.8. The average Bonchev–Trinajstić information content (AvgIpc) is 3.21. The topological polar surface area (TPSA) is 52.6 Å². The summed E-state index contributed by atoms with van der Waals surface area (Å²) in [7, 11) is 2.78. The van der Waals surface area contributed by atoms with Gasteiger partial charge in [0.05, 0.1) is 14.2 Å². The highest BCUT2D eigenvalue weighted by Crippen LogP contribution is 2.28. The molecule has 4 heteroatoms. The molecule has 0 amide bonds. The van der Waals surface area contributed by atoms with Crippen molar-refractivity contribution in [2.24, 2.45) is 0 Å². The second-order valence-corrected chi connectivity index (χ2v) is 18.6. The molecule has 0 aromatic carbocycles. The monoisotopic (exact) mass is 863 g/mol. The third-order valence-corrected chi connectivity index (χ3v) is 12.1. The van der Waals surface area contributed by atoms with E-state index < -0.39 is 0 Å². The maximum Gasteiger partial charge on any atom is 0.228 e. The summed E-state index contributed by atoms with van der Waals surface area (Å²) in [6.45, 7) is 26.3. The van der Waals surface area contributed by atoms with Crippen molar-refractivity contribution in [3.8, 4) is 0 Å². The molecule has 1 aliphatic rings. The van der Waals surface area contributed by atoms with Gasteiger partial charge in [0.25, 0.3) is 0 Å². The van der Waals surface area contributed by atoms with Gasteiger partial charge in [-0.15, -0.1) is 0 Å². The molecule has 0 spiro atoms. The predicted molar refractivity (Wildman–Crippen MR) is 275 cm³/mol. The first-order valence-corrected chi connectivity index (χ1v) is 24.1. The van der Waals surface area contributed by atoms with Crippen LogP contribution in [0.3, 0.4) is 0 Å². The van der Waals surface area contributed by atoms with E-state index >= 15 is 0 Å². The Morgan fingerprint density at radius 1 is 0.349 bits per heavy atom. The summed E-state index contributed by atoms with van der Waals surface area (Å²) < 4.78 is 10.3. The van der Waals surface area contributed by atoms with Crippen LogP contribution in [0.5, 0.6) is 0 Å². The van der Waals surface area contributed by atoms with E-state index in [0.717, 1.165) is 96.3 Å². The molecule has 4 nitrogen and oxygen atoms in total. The number of methoxy groups -OCH3 is 2. The number of ether oxygens (including phenoxy) is 2. The quantitative estimate of drug-likeness (QED) is 0.0515. The minimum atomic E-state index is -0.284. The molecule has 0 bridgehead atoms. The van der Waals surface area contributed by atoms with Crippen LogP contribution in [0.15, 0.2) is 139 Å². The summed E-state index contributed by atoms with van der Waals surface area (Å²) in [5.74, 6) is -0.572. The highest BCUT2D eigenvalue weighted by atomic mass is 16.5. The molecule has 0 saturated carbocycles. The summed E-state index contributed by atoms with van der Waals surface area (Å²) >= 11 is 0. The molecular formula is C59H90O4. The molecular weight excluding hydrogens is 773 g/mol. The fourth-order valence-electron chi connectivity index (χ4n) is 7.59. The van der Waals surface area contributed by atoms with Gasteiger partial charge in [-0.05, 0) is 205 Å². The molecule has 0 radical (unpaired) electrons. The molecule has 0 unspecified atom stereocenters. The first-order chi connectivity index (χ1) is 30.0. The highest BCUT2D eigenvalue weighted by molar-refractivity contribution is 6.23. The van der Waals surface area contributed by atoms with E-state index in [4.69, 9.17) is 9.47 Å². The highest BCUT2D eigenvalue weighted by Gasteiger charge is 2.34. The molecule has 0 aliphatic heterocycles. The van der Waals surface area contributed by atoms with Gasteiger partial charge in [0.1, 0.15) is 0 Å². The van der Waals surface area contributed by atoms with Gasteiger partial charge in [-0.1, -0.05) is 116 Å². The number of hydrogen-bond acceptors (Lipinski definition) is 4. The minimum absolute atomic E-state index is 0.00667. The molecule has 0 saturated heterocycles. The third-order valence-electron chi connectivity index (χ3n) is 12.1. The molecule has 0 atom stereocenters. The van der Waals surface area contributed by atoms with E-state index in [1.165, 1.54) is 89.2 Å². The zero-order chi connectivity index (χ0) is 47.2. The number of Topliss-reactive ketones (excluding diaryl/α,β-unsaturated/α-hetero) is 2. The summed E-state index contributed by atoms with van der Waals surface area (Å²) in [5, 5.41) is 0. The Labute approximate surface area is 387 Å². The van der Waals surface area contributed by atoms with Gasteiger partial charge in [0.15, 0.2) is 0 Å². The predicted octanol–water partition coefficient (Wildman–Crippen LogP) is 17.9. The van der Waals surface area contributed by atoms with Crippen molar-refractivity contribution < 1.29 is 19.1 Å². The van der Waals surface area contributed by atoms with Gasteiger partial charge in [0.2, 0.25) is 23.1 Å². The van der Waals surface area contributed by atoms with Crippen LogP contribution in [0, 0.1) is 0 Å². The van der Waals surface area contributed by atoms with E-state index in [1.807, 2.05) is 0 Å². The largest absolute Gasteiger partial charge is 0.489 e. The second-order valence-electron chi connectivity index (χ2n) is 18.6. The summed E-state index contributed by atoms with van der Waals surface area (Å²) in [6.07, 6.45) is 44.3. The lowest BCUT2D eigenvalue weighted by molar-refractivity contribution is -0.121. The lowest BCUT2D eigenvalue weighted by atomic mass is 9.90. The lowest BCUT2D eigenvalue weighted by Gasteiger charge is -2.19. The van der Waals surface area contributed by atoms with Crippen molar-refractivity contribution in [3.05, 3.63) is 139 Å². The Balaban J connectivity index is 2.31. The van der Waals surface area contributed by atoms with E-state index in [0.29, 0.717) is 17.6 Å². The fraction of sp³-hybridized carbons (Fsp3) is 0.559. The van der Waals surface area contributed by atoms with Crippen molar-refractivity contribution >= 4 is 11.6 Å². The van der Waals surface area contributed by atoms with Gasteiger partial charge in [0, 0.05) is 11.1 Å². The van der Waals surface area contributed by atoms with Crippen LogP contribution in [-0.2, 0) is 19.1 Å². The van der Waals surface area contributed by atoms with Crippen molar-refractivity contribution in [1.82, 2.24) is 0 Å². The van der Waals surface area contributed by atoms with Gasteiger partial charge in [-0.2, -0.15) is 0 Å². The number of rotatable bonds is 31. The zero-order valence-electron chi connectivity index (χ0n) is 42.8. The van der Waals surface area contributed by atoms with Gasteiger partial charge in [-0.3, -0.25) is 9.59 Å². The lowest BCUT2D eigenvalue weighted by Crippen LogP contribution is -2.24. The number of carbonyl (C=O) groups is 2. The van der Waals surface area contributed by atoms with Crippen molar-refractivity contribution in [2.45, 2.75) is 205 Å². The van der Waals surface area contributed by atoms with Crippen LogP contribution >= 0.6 is 0 Å². The van der Waals surface area contributed by atoms with E-state index in [1.54, 1.807) is 6.92 Å². The Hall–Kier alpha value is -4.18. The van der Waals surface area contributed by atoms with Crippen molar-refractivity contribution in [1.29, 1.82) is 0 Å². The van der Waals surface area contributed by atoms with Crippen LogP contribution in [0.4, 0.5) is 0 Å². The molecule has 350 valence electrons. The second kappa shape index (κ2) is 33.3. The Kier molecular flexibility index (Phi) is 30.1. The molecule has 1 aliphatic carbocycles. The maximum absolute atomic E-state index is 12.9. The Morgan fingerprint density at radius 3 is 0.810 bits per heavy atom. The molecule has 0 fully saturated rings. The van der Waals surface area contributed by atoms with Crippen LogP contribution < -0.4 is 0 Å². The summed E-state index contributed by atoms with van der Waals surface area (Å²) in [6, 6.07) is 0. The number of carbonyl (C=O) groups excluding carboxylic acids is 2. The van der Waals surface area contributed by atoms with Crippen molar-refractivity contribution in [2.75, 3.05) is 14.2 Å². The minimum Gasteiger partial charge on any atom is -0.489 e. The molecule has 1 rings (SSSR count). The smallest absolute Gasteiger partial charge is 0.228 e. The number of ketones is 2. The molecule has 0 aromatic heterocycles. The van der Waals surface area contributed by atoms with E-state index in [9.17, 15) is 9.59 Å². The first-order valence-electron chi connectivity index (χ1n) is 24.1. The molecule has 0 heterocycles. The standard InChI is InChI=1S/C59H90O4/c1-44(2)24-15-25-45(3)26-16-27-46(4)28-17-29-47(5)30-18-31-48(6)32-19-33-49(7)34-20-35-50(8)36-21-37-51(9)38-22-39-52(10)40-23-41-53(11)42-43-55-54(12)56(60)58(62-13)59(63-14)57(55)61/h24,26,28,30,32,34,36,38,40,42H,15-23,25,27,29,31,33,35,37,39,41,43H2,1-14H3/b45-26+,46-28+,47-30+,48-32-,49-34+,50-36+,51-38+,52-40+,53-42+. The SMILES string of the molecule is COC1=C(OC)C(=O)C(C/C=C(\C)CC/C=C(\C)CC/C=C(\C)CC/C=C(\C)CC/C=C(\C)CC/C=C(/C)CC/C=C(\C)CC/C=C(\C)CC/C=C(\C)CCC=C(C)C)=C(C)C1=O. The molecule has 0 N–H and O–H groups in total. The molecule has 0 aromatic rings. The number of hydrogen-bond donors (Lipinski definition) is 0. The van der Waals surface area contributed by atoms with Crippen LogP contribution in [0.2, 0.25) is 0 Å². The number of allylic oxidation sites excluding steroid dienone is 22. The van der Waals surface area contributed by atoms with E-state index in [2.05, 4.69) is 137 Å². The van der Waals surface area contributed by atoms with Crippen LogP contribution in [0.1, 0.15) is 205 Å². The normalized spacial score (nSPS) is 15.9. The zero-order valence-corrected chi connectivity index (χ0v) is 42.8. The summed E-state index contributed by atoms with van der Waals surface area (Å²) in [4.78, 5) is 25.5. The van der Waals surface area contributed by atoms with Crippen LogP contribution in [0.25, 0.3) is 0 Å². The third kappa shape index (κ3) is 26.3. The Bertz CT molecular complexity index is 1840. The van der Waals surface area contributed by atoms with E-state index in [-0.39, 0.29) is 23.1 Å². The van der Waals surface area contributed by atoms with Crippen LogP contribution in [-0.4, -0.2) is 25.8 Å². The van der Waals surface area contributed by atoms with Crippen molar-refractivity contribution in [3.63, 3.8) is 0 Å². The fourth-order valence-corrected chi connectivity index (χ4v) is 7.59. The van der Waals surface area contributed by atoms with Gasteiger partial charge >= 0.3 is 0 Å². The average molecular weight is 863 g/mol. The summed E-state index contributed by atoms with van der Waals surface area (Å²) in [5.41, 5.74) is 15.5. The Morgan fingerprint density at radius 2 is 0.571 bits per heavy atom. The maximum atomic E-state index is 12.9.